The number of aryl methyl sites for hydroxylation is 2. The third-order valence-electron chi connectivity index (χ3n) is 2.92. The highest BCUT2D eigenvalue weighted by Gasteiger charge is 2.17. The van der Waals surface area contributed by atoms with Gasteiger partial charge in [-0.2, -0.15) is 0 Å². The van der Waals surface area contributed by atoms with Gasteiger partial charge in [0.15, 0.2) is 5.78 Å². The Morgan fingerprint density at radius 1 is 1.39 bits per heavy atom. The minimum absolute atomic E-state index is 0.0536. The van der Waals surface area contributed by atoms with Crippen molar-refractivity contribution in [1.82, 2.24) is 0 Å². The molecule has 1 unspecified atom stereocenters. The topological polar surface area (TPSA) is 26.3 Å². The average Bonchev–Trinajstić information content (AvgIpc) is 2.30. The van der Waals surface area contributed by atoms with E-state index in [-0.39, 0.29) is 5.78 Å². The first-order valence-corrected chi connectivity index (χ1v) is 6.29. The predicted molar refractivity (Wildman–Crippen MR) is 75.1 cm³/mol. The van der Waals surface area contributed by atoms with Crippen LogP contribution in [-0.2, 0) is 4.74 Å². The molecule has 0 saturated heterocycles. The molecule has 0 aliphatic heterocycles. The van der Waals surface area contributed by atoms with Crippen LogP contribution in [0.3, 0.4) is 0 Å². The Kier molecular flexibility index (Phi) is 5.29. The van der Waals surface area contributed by atoms with Crippen molar-refractivity contribution in [2.75, 3.05) is 6.61 Å². The lowest BCUT2D eigenvalue weighted by atomic mass is 9.99. The number of benzene rings is 1. The first-order valence-electron chi connectivity index (χ1n) is 6.29. The second-order valence-electron chi connectivity index (χ2n) is 4.90. The molecule has 0 aliphatic carbocycles. The van der Waals surface area contributed by atoms with Crippen molar-refractivity contribution >= 4 is 5.78 Å². The van der Waals surface area contributed by atoms with Crippen LogP contribution in [0.1, 0.15) is 41.8 Å². The summed E-state index contributed by atoms with van der Waals surface area (Å²) >= 11 is 0. The van der Waals surface area contributed by atoms with Crippen LogP contribution >= 0.6 is 0 Å². The summed E-state index contributed by atoms with van der Waals surface area (Å²) in [6.07, 6.45) is 0.398. The highest BCUT2D eigenvalue weighted by Crippen LogP contribution is 2.14. The van der Waals surface area contributed by atoms with Crippen LogP contribution in [0.2, 0.25) is 0 Å². The van der Waals surface area contributed by atoms with Gasteiger partial charge in [0.25, 0.3) is 0 Å². The normalized spacial score (nSPS) is 12.2. The zero-order chi connectivity index (χ0) is 13.7. The predicted octanol–water partition coefficient (Wildman–Crippen LogP) is 3.86. The van der Waals surface area contributed by atoms with Crippen molar-refractivity contribution in [2.24, 2.45) is 0 Å². The maximum Gasteiger partial charge on any atom is 0.191 e. The lowest BCUT2D eigenvalue weighted by Gasteiger charge is -2.14. The monoisotopic (exact) mass is 246 g/mol. The summed E-state index contributed by atoms with van der Waals surface area (Å²) in [5, 5.41) is 0. The van der Waals surface area contributed by atoms with Crippen LogP contribution in [-0.4, -0.2) is 18.5 Å². The molecule has 0 fully saturated rings. The van der Waals surface area contributed by atoms with Gasteiger partial charge in [0.2, 0.25) is 0 Å². The fourth-order valence-corrected chi connectivity index (χ4v) is 1.71. The lowest BCUT2D eigenvalue weighted by Crippen LogP contribution is -2.22. The molecule has 0 amide bonds. The Hall–Kier alpha value is -1.41. The zero-order valence-electron chi connectivity index (χ0n) is 11.7. The smallest absolute Gasteiger partial charge is 0.191 e. The molecule has 2 nitrogen and oxygen atoms in total. The second-order valence-corrected chi connectivity index (χ2v) is 4.90. The van der Waals surface area contributed by atoms with E-state index in [0.717, 1.165) is 28.7 Å². The zero-order valence-corrected chi connectivity index (χ0v) is 11.7. The molecule has 0 radical (unpaired) electrons. The van der Waals surface area contributed by atoms with E-state index in [9.17, 15) is 4.79 Å². The average molecular weight is 246 g/mol. The van der Waals surface area contributed by atoms with Crippen molar-refractivity contribution in [3.63, 3.8) is 0 Å². The minimum atomic E-state index is -0.398. The summed E-state index contributed by atoms with van der Waals surface area (Å²) in [5.41, 5.74) is 3.93. The Bertz CT molecular complexity index is 446. The van der Waals surface area contributed by atoms with E-state index in [4.69, 9.17) is 4.74 Å². The Morgan fingerprint density at radius 3 is 2.67 bits per heavy atom. The summed E-state index contributed by atoms with van der Waals surface area (Å²) < 4.78 is 5.55. The Balaban J connectivity index is 2.68. The molecule has 0 heterocycles. The molecule has 1 aromatic carbocycles. The number of carbonyl (C=O) groups is 1. The molecule has 18 heavy (non-hydrogen) atoms. The van der Waals surface area contributed by atoms with Gasteiger partial charge in [0, 0.05) is 5.56 Å². The fraction of sp³-hybridized carbons (Fsp3) is 0.438. The molecule has 0 spiro atoms. The van der Waals surface area contributed by atoms with Crippen molar-refractivity contribution in [3.05, 3.63) is 47.0 Å². The standard InChI is InChI=1S/C16H22O2/c1-11(2)8-9-18-14(5)16(17)15-10-12(3)6-7-13(15)4/h6-7,10,14H,1,8-9H2,2-5H3. The van der Waals surface area contributed by atoms with Gasteiger partial charge >= 0.3 is 0 Å². The fourth-order valence-electron chi connectivity index (χ4n) is 1.71. The third-order valence-corrected chi connectivity index (χ3v) is 2.92. The SMILES string of the molecule is C=C(C)CCOC(C)C(=O)c1cc(C)ccc1C. The first kappa shape index (κ1) is 14.7. The number of Topliss-reactive ketones (excluding diaryl/α,β-unsaturated/α-hetero) is 1. The molecule has 2 heteroatoms. The number of ether oxygens (including phenoxy) is 1. The number of ketones is 1. The van der Waals surface area contributed by atoms with Crippen molar-refractivity contribution in [3.8, 4) is 0 Å². The summed E-state index contributed by atoms with van der Waals surface area (Å²) in [5.74, 6) is 0.0536. The van der Waals surface area contributed by atoms with Crippen molar-refractivity contribution in [1.29, 1.82) is 0 Å². The quantitative estimate of drug-likeness (QED) is 0.563. The van der Waals surface area contributed by atoms with Gasteiger partial charge in [-0.25, -0.2) is 0 Å². The van der Waals surface area contributed by atoms with E-state index in [1.807, 2.05) is 45.9 Å². The molecule has 1 aromatic rings. The van der Waals surface area contributed by atoms with Crippen LogP contribution in [0, 0.1) is 13.8 Å². The van der Waals surface area contributed by atoms with Crippen molar-refractivity contribution in [2.45, 2.75) is 40.2 Å². The van der Waals surface area contributed by atoms with E-state index in [1.165, 1.54) is 0 Å². The van der Waals surface area contributed by atoms with Gasteiger partial charge < -0.3 is 4.74 Å². The largest absolute Gasteiger partial charge is 0.370 e. The van der Waals surface area contributed by atoms with E-state index in [0.29, 0.717) is 6.61 Å². The van der Waals surface area contributed by atoms with Gasteiger partial charge in [-0.1, -0.05) is 23.3 Å². The lowest BCUT2D eigenvalue weighted by molar-refractivity contribution is 0.0486. The molecule has 0 aromatic heterocycles. The summed E-state index contributed by atoms with van der Waals surface area (Å²) in [6.45, 7) is 12.1. The van der Waals surface area contributed by atoms with Gasteiger partial charge in [-0.15, -0.1) is 6.58 Å². The minimum Gasteiger partial charge on any atom is -0.370 e. The van der Waals surface area contributed by atoms with Gasteiger partial charge in [0.1, 0.15) is 6.10 Å². The van der Waals surface area contributed by atoms with Crippen LogP contribution in [0.4, 0.5) is 0 Å². The Morgan fingerprint density at radius 2 is 2.06 bits per heavy atom. The summed E-state index contributed by atoms with van der Waals surface area (Å²) in [6, 6.07) is 5.91. The number of rotatable bonds is 6. The van der Waals surface area contributed by atoms with Gasteiger partial charge in [0.05, 0.1) is 6.61 Å². The molecular formula is C16H22O2. The van der Waals surface area contributed by atoms with E-state index < -0.39 is 6.10 Å². The highest BCUT2D eigenvalue weighted by molar-refractivity contribution is 6.00. The molecule has 0 aliphatic rings. The molecular weight excluding hydrogens is 224 g/mol. The molecule has 0 N–H and O–H groups in total. The number of carbonyl (C=O) groups excluding carboxylic acids is 1. The third kappa shape index (κ3) is 4.11. The maximum atomic E-state index is 12.2. The summed E-state index contributed by atoms with van der Waals surface area (Å²) in [7, 11) is 0. The molecule has 98 valence electrons. The maximum absolute atomic E-state index is 12.2. The van der Waals surface area contributed by atoms with E-state index in [1.54, 1.807) is 0 Å². The second kappa shape index (κ2) is 6.50. The van der Waals surface area contributed by atoms with Crippen LogP contribution in [0.15, 0.2) is 30.4 Å². The van der Waals surface area contributed by atoms with Crippen molar-refractivity contribution < 1.29 is 9.53 Å². The highest BCUT2D eigenvalue weighted by atomic mass is 16.5. The summed E-state index contributed by atoms with van der Waals surface area (Å²) in [4.78, 5) is 12.2. The van der Waals surface area contributed by atoms with E-state index >= 15 is 0 Å². The van der Waals surface area contributed by atoms with Gasteiger partial charge in [-0.05, 0) is 45.7 Å². The van der Waals surface area contributed by atoms with Crippen LogP contribution < -0.4 is 0 Å². The molecule has 1 atom stereocenters. The van der Waals surface area contributed by atoms with Crippen LogP contribution in [0.5, 0.6) is 0 Å². The number of hydrogen-bond acceptors (Lipinski definition) is 2. The van der Waals surface area contributed by atoms with Crippen LogP contribution in [0.25, 0.3) is 0 Å². The van der Waals surface area contributed by atoms with Gasteiger partial charge in [-0.3, -0.25) is 4.79 Å². The first-order chi connectivity index (χ1) is 8.41. The Labute approximate surface area is 110 Å². The molecule has 0 saturated carbocycles. The molecule has 1 rings (SSSR count). The van der Waals surface area contributed by atoms with E-state index in [2.05, 4.69) is 6.58 Å². The molecule has 0 bridgehead atoms. The number of hydrogen-bond donors (Lipinski definition) is 0.